The minimum Gasteiger partial charge on any atom is -0.198 e. The summed E-state index contributed by atoms with van der Waals surface area (Å²) < 4.78 is 0. The maximum atomic E-state index is 8.46. The van der Waals surface area contributed by atoms with Crippen LogP contribution >= 0.6 is 0 Å². The average molecular weight is 320 g/mol. The van der Waals surface area contributed by atoms with E-state index in [-0.39, 0.29) is 0 Å². The van der Waals surface area contributed by atoms with E-state index in [2.05, 4.69) is 25.1 Å². The fraction of sp³-hybridized carbons (Fsp3) is 0.864. The van der Waals surface area contributed by atoms with E-state index in [1.54, 1.807) is 0 Å². The molecule has 0 aliphatic rings. The molecular formula is C22H41N. The fourth-order valence-corrected chi connectivity index (χ4v) is 2.98. The highest BCUT2D eigenvalue weighted by Crippen LogP contribution is 2.12. The molecule has 0 atom stereocenters. The molecule has 0 aliphatic heterocycles. The minimum atomic E-state index is 0.742. The molecular weight excluding hydrogens is 278 g/mol. The Morgan fingerprint density at radius 3 is 1.39 bits per heavy atom. The number of unbranched alkanes of at least 4 members (excludes halogenated alkanes) is 16. The van der Waals surface area contributed by atoms with Gasteiger partial charge in [-0.1, -0.05) is 96.1 Å². The summed E-state index contributed by atoms with van der Waals surface area (Å²) in [5.41, 5.74) is 0. The molecule has 0 heterocycles. The summed E-state index contributed by atoms with van der Waals surface area (Å²) in [4.78, 5) is 0. The zero-order valence-corrected chi connectivity index (χ0v) is 15.8. The van der Waals surface area contributed by atoms with Crippen LogP contribution in [-0.2, 0) is 0 Å². The van der Waals surface area contributed by atoms with Crippen molar-refractivity contribution in [1.29, 1.82) is 5.26 Å². The Hall–Kier alpha value is -0.770. The highest BCUT2D eigenvalue weighted by molar-refractivity contribution is 4.81. The Bertz CT molecular complexity index is 274. The van der Waals surface area contributed by atoms with Crippen LogP contribution in [0.25, 0.3) is 0 Å². The number of rotatable bonds is 18. The summed E-state index contributed by atoms with van der Waals surface area (Å²) in [5, 5.41) is 8.46. The molecule has 0 radical (unpaired) electrons. The lowest BCUT2D eigenvalue weighted by atomic mass is 10.1. The molecule has 0 saturated carbocycles. The summed E-state index contributed by atoms with van der Waals surface area (Å²) >= 11 is 0. The monoisotopic (exact) mass is 319 g/mol. The van der Waals surface area contributed by atoms with Gasteiger partial charge in [0, 0.05) is 6.42 Å². The number of allylic oxidation sites excluding steroid dienone is 2. The van der Waals surface area contributed by atoms with Crippen LogP contribution in [0.3, 0.4) is 0 Å². The van der Waals surface area contributed by atoms with Crippen molar-refractivity contribution in [3.8, 4) is 6.07 Å². The molecule has 0 aliphatic carbocycles. The predicted octanol–water partition coefficient (Wildman–Crippen LogP) is 8.11. The molecule has 0 N–H and O–H groups in total. The van der Waals surface area contributed by atoms with Crippen molar-refractivity contribution >= 4 is 0 Å². The van der Waals surface area contributed by atoms with Crippen molar-refractivity contribution in [2.24, 2.45) is 0 Å². The minimum absolute atomic E-state index is 0.742. The smallest absolute Gasteiger partial charge is 0.0621 e. The standard InChI is InChI=1S/C22H41N/c1-2-3-4-5-6-7-8-9-10-11-12-13-14-15-16-17-18-19-20-21-22-23/h9-10H,2-8,11-21H2,1H3/b10-9+. The van der Waals surface area contributed by atoms with Crippen LogP contribution < -0.4 is 0 Å². The third-order valence-corrected chi connectivity index (χ3v) is 4.55. The van der Waals surface area contributed by atoms with E-state index in [1.165, 1.54) is 103 Å². The Morgan fingerprint density at radius 2 is 0.957 bits per heavy atom. The van der Waals surface area contributed by atoms with Crippen molar-refractivity contribution < 1.29 is 0 Å². The molecule has 0 aromatic rings. The fourth-order valence-electron chi connectivity index (χ4n) is 2.98. The maximum Gasteiger partial charge on any atom is 0.0621 e. The number of hydrogen-bond donors (Lipinski definition) is 0. The van der Waals surface area contributed by atoms with Gasteiger partial charge in [0.05, 0.1) is 6.07 Å². The summed E-state index contributed by atoms with van der Waals surface area (Å²) in [6, 6.07) is 2.22. The molecule has 0 aromatic heterocycles. The van der Waals surface area contributed by atoms with E-state index in [9.17, 15) is 0 Å². The molecule has 0 aromatic carbocycles. The quantitative estimate of drug-likeness (QED) is 0.185. The van der Waals surface area contributed by atoms with E-state index in [0.717, 1.165) is 12.8 Å². The van der Waals surface area contributed by atoms with Gasteiger partial charge < -0.3 is 0 Å². The lowest BCUT2D eigenvalue weighted by molar-refractivity contribution is 0.562. The van der Waals surface area contributed by atoms with Crippen LogP contribution in [0.4, 0.5) is 0 Å². The Kier molecular flexibility index (Phi) is 20.5. The van der Waals surface area contributed by atoms with Gasteiger partial charge in [-0.05, 0) is 32.1 Å². The van der Waals surface area contributed by atoms with Crippen LogP contribution in [0.2, 0.25) is 0 Å². The second-order valence-electron chi connectivity index (χ2n) is 6.91. The van der Waals surface area contributed by atoms with E-state index >= 15 is 0 Å². The molecule has 0 bridgehead atoms. The third kappa shape index (κ3) is 21.2. The summed E-state index contributed by atoms with van der Waals surface area (Å²) in [7, 11) is 0. The highest BCUT2D eigenvalue weighted by atomic mass is 14.2. The van der Waals surface area contributed by atoms with Crippen LogP contribution in [0, 0.1) is 11.3 Å². The van der Waals surface area contributed by atoms with E-state index in [0.29, 0.717) is 0 Å². The maximum absolute atomic E-state index is 8.46. The molecule has 0 amide bonds. The van der Waals surface area contributed by atoms with Gasteiger partial charge in [0.25, 0.3) is 0 Å². The highest BCUT2D eigenvalue weighted by Gasteiger charge is 1.92. The molecule has 0 saturated heterocycles. The molecule has 0 rings (SSSR count). The van der Waals surface area contributed by atoms with Crippen molar-refractivity contribution in [1.82, 2.24) is 0 Å². The summed E-state index contributed by atoms with van der Waals surface area (Å²) in [6.07, 6.45) is 28.5. The largest absolute Gasteiger partial charge is 0.198 e. The van der Waals surface area contributed by atoms with E-state index in [1.807, 2.05) is 0 Å². The van der Waals surface area contributed by atoms with Gasteiger partial charge in [0.15, 0.2) is 0 Å². The van der Waals surface area contributed by atoms with E-state index in [4.69, 9.17) is 5.26 Å². The van der Waals surface area contributed by atoms with Gasteiger partial charge in [-0.3, -0.25) is 0 Å². The van der Waals surface area contributed by atoms with Crippen LogP contribution in [0.15, 0.2) is 12.2 Å². The van der Waals surface area contributed by atoms with Gasteiger partial charge in [-0.15, -0.1) is 0 Å². The van der Waals surface area contributed by atoms with Crippen molar-refractivity contribution in [3.05, 3.63) is 12.2 Å². The first-order chi connectivity index (χ1) is 11.4. The molecule has 0 fully saturated rings. The summed E-state index contributed by atoms with van der Waals surface area (Å²) in [5.74, 6) is 0. The lowest BCUT2D eigenvalue weighted by Gasteiger charge is -2.01. The normalized spacial score (nSPS) is 11.1. The van der Waals surface area contributed by atoms with Gasteiger partial charge in [-0.25, -0.2) is 0 Å². The second-order valence-corrected chi connectivity index (χ2v) is 6.91. The molecule has 0 unspecified atom stereocenters. The molecule has 134 valence electrons. The summed E-state index contributed by atoms with van der Waals surface area (Å²) in [6.45, 7) is 2.28. The van der Waals surface area contributed by atoms with Crippen LogP contribution in [0.1, 0.15) is 122 Å². The average Bonchev–Trinajstić information content (AvgIpc) is 2.57. The molecule has 0 spiro atoms. The zero-order valence-electron chi connectivity index (χ0n) is 15.8. The number of hydrogen-bond acceptors (Lipinski definition) is 1. The van der Waals surface area contributed by atoms with Gasteiger partial charge in [-0.2, -0.15) is 5.26 Å². The molecule has 23 heavy (non-hydrogen) atoms. The first kappa shape index (κ1) is 22.2. The second kappa shape index (κ2) is 21.2. The zero-order chi connectivity index (χ0) is 16.8. The van der Waals surface area contributed by atoms with E-state index < -0.39 is 0 Å². The SMILES string of the molecule is CCCCCCCC/C=C/CCCCCCCCCCCC#N. The first-order valence-corrected chi connectivity index (χ1v) is 10.4. The van der Waals surface area contributed by atoms with Crippen molar-refractivity contribution in [2.45, 2.75) is 122 Å². The van der Waals surface area contributed by atoms with Crippen LogP contribution in [-0.4, -0.2) is 0 Å². The molecule has 1 nitrogen and oxygen atoms in total. The van der Waals surface area contributed by atoms with Crippen molar-refractivity contribution in [3.63, 3.8) is 0 Å². The first-order valence-electron chi connectivity index (χ1n) is 10.4. The lowest BCUT2D eigenvalue weighted by Crippen LogP contribution is -1.81. The number of nitriles is 1. The van der Waals surface area contributed by atoms with Gasteiger partial charge in [0.2, 0.25) is 0 Å². The van der Waals surface area contributed by atoms with Gasteiger partial charge in [0.1, 0.15) is 0 Å². The Morgan fingerprint density at radius 1 is 0.565 bits per heavy atom. The predicted molar refractivity (Wildman–Crippen MR) is 104 cm³/mol. The Labute approximate surface area is 146 Å². The van der Waals surface area contributed by atoms with Crippen molar-refractivity contribution in [2.75, 3.05) is 0 Å². The Balaban J connectivity index is 3.04. The van der Waals surface area contributed by atoms with Gasteiger partial charge >= 0.3 is 0 Å². The molecule has 1 heteroatoms. The topological polar surface area (TPSA) is 23.8 Å². The third-order valence-electron chi connectivity index (χ3n) is 4.55. The van der Waals surface area contributed by atoms with Crippen LogP contribution in [0.5, 0.6) is 0 Å². The number of nitrogens with zero attached hydrogens (tertiary/aromatic N) is 1.